The van der Waals surface area contributed by atoms with Crippen molar-refractivity contribution in [1.82, 2.24) is 14.9 Å². The Morgan fingerprint density at radius 2 is 1.94 bits per heavy atom. The van der Waals surface area contributed by atoms with E-state index < -0.39 is 17.8 Å². The molecule has 1 amide bonds. The normalized spacial score (nSPS) is 21.2. The summed E-state index contributed by atoms with van der Waals surface area (Å²) in [6.07, 6.45) is -4.53. The first-order chi connectivity index (χ1) is 16.9. The summed E-state index contributed by atoms with van der Waals surface area (Å²) in [6, 6.07) is 3.05. The Balaban J connectivity index is 1.48. The van der Waals surface area contributed by atoms with Gasteiger partial charge in [-0.2, -0.15) is 13.8 Å². The van der Waals surface area contributed by atoms with Crippen LogP contribution < -0.4 is 9.64 Å². The number of hydrogen-bond acceptors (Lipinski definition) is 9. The lowest BCUT2D eigenvalue weighted by atomic mass is 10.1. The van der Waals surface area contributed by atoms with Gasteiger partial charge in [-0.25, -0.2) is 9.78 Å². The number of ether oxygens (including phenoxy) is 2. The van der Waals surface area contributed by atoms with Crippen molar-refractivity contribution in [2.75, 3.05) is 18.0 Å². The third kappa shape index (κ3) is 4.59. The first kappa shape index (κ1) is 24.7. The lowest BCUT2D eigenvalue weighted by molar-refractivity contribution is -0.233. The molecule has 3 unspecified atom stereocenters. The smallest absolute Gasteiger partial charge is 0.424 e. The molecule has 1 N–H and O–H groups in total. The van der Waals surface area contributed by atoms with Crippen LogP contribution in [-0.4, -0.2) is 69.1 Å². The number of amides is 1. The topological polar surface area (TPSA) is 101 Å². The van der Waals surface area contributed by atoms with Gasteiger partial charge in [0, 0.05) is 24.0 Å². The molecule has 1 aromatic carbocycles. The highest BCUT2D eigenvalue weighted by Gasteiger charge is 2.45. The zero-order valence-electron chi connectivity index (χ0n) is 20.4. The first-order valence-electron chi connectivity index (χ1n) is 11.8. The number of hydrogen-bond donors (Lipinski definition) is 1. The fourth-order valence-corrected chi connectivity index (χ4v) is 5.19. The Morgan fingerprint density at radius 3 is 2.53 bits per heavy atom. The number of benzene rings is 1. The standard InChI is InChI=1S/C24H28F2N4O5S/c1-13(31)24(25,26)34-18-8-7-16(17-11-36-12-27-17)20-19(18)28-21(33-20)29-9-14-5-6-15(10-29)30(14)22(32)35-23(2,3)4/h7-8,11-15,31H,5-6,9-10H2,1-4H3. The van der Waals surface area contributed by atoms with Crippen molar-refractivity contribution in [3.05, 3.63) is 23.0 Å². The molecule has 194 valence electrons. The number of oxazole rings is 1. The average Bonchev–Trinajstić information content (AvgIpc) is 3.51. The van der Waals surface area contributed by atoms with Gasteiger partial charge in [0.1, 0.15) is 5.60 Å². The van der Waals surface area contributed by atoms with Crippen molar-refractivity contribution in [3.8, 4) is 17.0 Å². The monoisotopic (exact) mass is 522 g/mol. The number of anilines is 1. The van der Waals surface area contributed by atoms with E-state index in [-0.39, 0.29) is 41.0 Å². The number of halogens is 2. The number of fused-ring (bicyclic) bond motifs is 3. The van der Waals surface area contributed by atoms with Gasteiger partial charge in [-0.15, -0.1) is 11.3 Å². The van der Waals surface area contributed by atoms with Crippen LogP contribution in [0.15, 0.2) is 27.4 Å². The third-order valence-corrected chi connectivity index (χ3v) is 6.88. The van der Waals surface area contributed by atoms with Crippen LogP contribution in [0.2, 0.25) is 0 Å². The minimum Gasteiger partial charge on any atom is -0.444 e. The summed E-state index contributed by atoms with van der Waals surface area (Å²) < 4.78 is 45.1. The second-order valence-electron chi connectivity index (χ2n) is 10.2. The number of nitrogens with zero attached hydrogens (tertiary/aromatic N) is 4. The highest BCUT2D eigenvalue weighted by molar-refractivity contribution is 7.07. The largest absolute Gasteiger partial charge is 0.444 e. The maximum atomic E-state index is 14.2. The van der Waals surface area contributed by atoms with Crippen molar-refractivity contribution in [2.45, 2.75) is 70.4 Å². The number of piperazine rings is 1. The summed E-state index contributed by atoms with van der Waals surface area (Å²) in [6.45, 7) is 7.39. The van der Waals surface area contributed by atoms with Crippen LogP contribution in [0.5, 0.6) is 5.75 Å². The number of aliphatic hydroxyl groups is 1. The van der Waals surface area contributed by atoms with E-state index in [1.54, 1.807) is 16.5 Å². The Kier molecular flexibility index (Phi) is 6.06. The predicted molar refractivity (Wildman–Crippen MR) is 129 cm³/mol. The Hall–Kier alpha value is -2.99. The van der Waals surface area contributed by atoms with Gasteiger partial charge in [-0.1, -0.05) is 0 Å². The van der Waals surface area contributed by atoms with Crippen molar-refractivity contribution >= 4 is 34.5 Å². The molecule has 2 bridgehead atoms. The molecule has 2 fully saturated rings. The lowest BCUT2D eigenvalue weighted by Crippen LogP contribution is -2.56. The van der Waals surface area contributed by atoms with Gasteiger partial charge in [-0.3, -0.25) is 4.90 Å². The van der Waals surface area contributed by atoms with Gasteiger partial charge in [-0.05, 0) is 52.7 Å². The molecule has 3 atom stereocenters. The zero-order chi connectivity index (χ0) is 25.8. The molecule has 2 aliphatic heterocycles. The number of carbonyl (C=O) groups excluding carboxylic acids is 1. The van der Waals surface area contributed by atoms with Crippen LogP contribution >= 0.6 is 11.3 Å². The fourth-order valence-electron chi connectivity index (χ4n) is 4.64. The molecule has 2 saturated heterocycles. The van der Waals surface area contributed by atoms with Gasteiger partial charge in [0.2, 0.25) is 0 Å². The van der Waals surface area contributed by atoms with Gasteiger partial charge in [0.05, 0.1) is 23.3 Å². The predicted octanol–water partition coefficient (Wildman–Crippen LogP) is 4.89. The van der Waals surface area contributed by atoms with E-state index in [0.717, 1.165) is 19.8 Å². The van der Waals surface area contributed by atoms with Crippen LogP contribution in [0.1, 0.15) is 40.5 Å². The summed E-state index contributed by atoms with van der Waals surface area (Å²) in [7, 11) is 0. The van der Waals surface area contributed by atoms with E-state index in [9.17, 15) is 18.7 Å². The van der Waals surface area contributed by atoms with Crippen LogP contribution in [0.25, 0.3) is 22.4 Å². The van der Waals surface area contributed by atoms with Crippen LogP contribution in [-0.2, 0) is 4.74 Å². The molecule has 0 radical (unpaired) electrons. The Morgan fingerprint density at radius 1 is 1.25 bits per heavy atom. The minimum atomic E-state index is -3.81. The second kappa shape index (κ2) is 8.84. The number of aromatic nitrogens is 2. The second-order valence-corrected chi connectivity index (χ2v) is 10.9. The number of carbonyl (C=O) groups is 1. The molecular formula is C24H28F2N4O5S. The molecule has 36 heavy (non-hydrogen) atoms. The van der Waals surface area contributed by atoms with Gasteiger partial charge in [0.15, 0.2) is 23.0 Å². The summed E-state index contributed by atoms with van der Waals surface area (Å²) >= 11 is 1.39. The number of alkyl halides is 2. The van der Waals surface area contributed by atoms with Crippen molar-refractivity contribution in [2.24, 2.45) is 0 Å². The van der Waals surface area contributed by atoms with Crippen molar-refractivity contribution in [3.63, 3.8) is 0 Å². The molecule has 9 nitrogen and oxygen atoms in total. The molecule has 4 heterocycles. The van der Waals surface area contributed by atoms with Crippen molar-refractivity contribution in [1.29, 1.82) is 0 Å². The van der Waals surface area contributed by atoms with Gasteiger partial charge in [0.25, 0.3) is 6.01 Å². The quantitative estimate of drug-likeness (QED) is 0.506. The minimum absolute atomic E-state index is 0.0816. The van der Waals surface area contributed by atoms with Gasteiger partial charge >= 0.3 is 12.2 Å². The van der Waals surface area contributed by atoms with E-state index in [4.69, 9.17) is 13.9 Å². The highest BCUT2D eigenvalue weighted by Crippen LogP contribution is 2.41. The van der Waals surface area contributed by atoms with Crippen molar-refractivity contribution < 1.29 is 32.6 Å². The SMILES string of the molecule is CC(O)C(F)(F)Oc1ccc(-c2cscn2)c2oc(N3CC4CCC(C3)N4C(=O)OC(C)(C)C)nc12. The summed E-state index contributed by atoms with van der Waals surface area (Å²) in [4.78, 5) is 25.4. The summed E-state index contributed by atoms with van der Waals surface area (Å²) in [5.41, 5.74) is 2.65. The number of rotatable bonds is 5. The average molecular weight is 523 g/mol. The van der Waals surface area contributed by atoms with E-state index in [0.29, 0.717) is 24.3 Å². The highest BCUT2D eigenvalue weighted by atomic mass is 32.1. The molecule has 0 aliphatic carbocycles. The van der Waals surface area contributed by atoms with Crippen LogP contribution in [0, 0.1) is 0 Å². The zero-order valence-corrected chi connectivity index (χ0v) is 21.2. The van der Waals surface area contributed by atoms with E-state index in [2.05, 4.69) is 9.97 Å². The molecule has 2 aromatic heterocycles. The summed E-state index contributed by atoms with van der Waals surface area (Å²) in [5.74, 6) is -0.208. The Labute approximate surface area is 210 Å². The lowest BCUT2D eigenvalue weighted by Gasteiger charge is -2.40. The number of aliphatic hydroxyl groups excluding tert-OH is 1. The van der Waals surface area contributed by atoms with E-state index in [1.165, 1.54) is 17.4 Å². The van der Waals surface area contributed by atoms with Gasteiger partial charge < -0.3 is 23.9 Å². The molecule has 12 heteroatoms. The molecule has 2 aliphatic rings. The third-order valence-electron chi connectivity index (χ3n) is 6.29. The number of thiazole rings is 1. The fraction of sp³-hybridized carbons (Fsp3) is 0.542. The van der Waals surface area contributed by atoms with Crippen LogP contribution in [0.4, 0.5) is 19.6 Å². The maximum Gasteiger partial charge on any atom is 0.424 e. The molecule has 3 aromatic rings. The van der Waals surface area contributed by atoms with E-state index >= 15 is 0 Å². The molecular weight excluding hydrogens is 494 g/mol. The molecule has 0 saturated carbocycles. The first-order valence-corrected chi connectivity index (χ1v) is 12.7. The van der Waals surface area contributed by atoms with E-state index in [1.807, 2.05) is 31.1 Å². The maximum absolute atomic E-state index is 14.2. The Bertz CT molecular complexity index is 1240. The summed E-state index contributed by atoms with van der Waals surface area (Å²) in [5, 5.41) is 11.3. The molecule has 0 spiro atoms. The van der Waals surface area contributed by atoms with Crippen LogP contribution in [0.3, 0.4) is 0 Å². The molecule has 5 rings (SSSR count).